The van der Waals surface area contributed by atoms with Crippen LogP contribution in [0.15, 0.2) is 0 Å². The van der Waals surface area contributed by atoms with Gasteiger partial charge in [-0.1, -0.05) is 0 Å². The molecular formula is C6H11ClNO3-. The number of hydrogen-bond donors (Lipinski definition) is 1. The number of methoxy groups -OCH3 is 1. The van der Waals surface area contributed by atoms with Crippen molar-refractivity contribution in [2.75, 3.05) is 13.7 Å². The van der Waals surface area contributed by atoms with Gasteiger partial charge in [-0.3, -0.25) is 9.59 Å². The van der Waals surface area contributed by atoms with Crippen molar-refractivity contribution in [3.63, 3.8) is 0 Å². The van der Waals surface area contributed by atoms with E-state index in [1.165, 1.54) is 7.11 Å². The Morgan fingerprint density at radius 2 is 1.91 bits per heavy atom. The summed E-state index contributed by atoms with van der Waals surface area (Å²) in [6.07, 6.45) is 0.315. The van der Waals surface area contributed by atoms with Crippen LogP contribution >= 0.6 is 0 Å². The van der Waals surface area contributed by atoms with E-state index in [-0.39, 0.29) is 43.5 Å². The number of Topliss-reactive ketones (excluding diaryl/α,β-unsaturated/α-hetero) is 1. The van der Waals surface area contributed by atoms with Gasteiger partial charge in [0.15, 0.2) is 0 Å². The van der Waals surface area contributed by atoms with Gasteiger partial charge in [-0.2, -0.15) is 0 Å². The number of halogens is 1. The van der Waals surface area contributed by atoms with E-state index < -0.39 is 0 Å². The molecular weight excluding hydrogens is 170 g/mol. The third kappa shape index (κ3) is 7.29. The van der Waals surface area contributed by atoms with Gasteiger partial charge in [-0.15, -0.1) is 0 Å². The molecule has 4 nitrogen and oxygen atoms in total. The molecule has 66 valence electrons. The predicted molar refractivity (Wildman–Crippen MR) is 35.3 cm³/mol. The molecule has 0 atom stereocenters. The van der Waals surface area contributed by atoms with E-state index in [1.807, 2.05) is 0 Å². The van der Waals surface area contributed by atoms with Gasteiger partial charge in [0.1, 0.15) is 5.78 Å². The number of rotatable bonds is 4. The lowest BCUT2D eigenvalue weighted by Crippen LogP contribution is -3.00. The number of ether oxygens (including phenoxy) is 1. The van der Waals surface area contributed by atoms with Crippen LogP contribution < -0.4 is 18.1 Å². The van der Waals surface area contributed by atoms with Crippen molar-refractivity contribution in [1.82, 2.24) is 0 Å². The molecule has 0 spiro atoms. The minimum Gasteiger partial charge on any atom is -1.00 e. The van der Waals surface area contributed by atoms with Crippen LogP contribution in [0.2, 0.25) is 0 Å². The number of ketones is 1. The Morgan fingerprint density at radius 3 is 2.27 bits per heavy atom. The maximum Gasteiger partial charge on any atom is 0.305 e. The fourth-order valence-corrected chi connectivity index (χ4v) is 0.446. The quantitative estimate of drug-likeness (QED) is 0.456. The zero-order valence-electron chi connectivity index (χ0n) is 6.30. The number of nitrogens with two attached hydrogens (primary N) is 1. The lowest BCUT2D eigenvalue weighted by Gasteiger charge is -1.95. The maximum atomic E-state index is 10.5. The van der Waals surface area contributed by atoms with Crippen LogP contribution in [0.3, 0.4) is 0 Å². The molecule has 0 saturated heterocycles. The highest BCUT2D eigenvalue weighted by molar-refractivity contribution is 5.84. The van der Waals surface area contributed by atoms with Crippen molar-refractivity contribution < 1.29 is 26.7 Å². The van der Waals surface area contributed by atoms with Gasteiger partial charge in [0.2, 0.25) is 0 Å². The van der Waals surface area contributed by atoms with Crippen LogP contribution in [-0.4, -0.2) is 25.4 Å². The molecule has 2 N–H and O–H groups in total. The molecule has 0 fully saturated rings. The van der Waals surface area contributed by atoms with Crippen LogP contribution in [0.5, 0.6) is 0 Å². The molecule has 0 rings (SSSR count). The first-order chi connectivity index (χ1) is 4.70. The summed E-state index contributed by atoms with van der Waals surface area (Å²) >= 11 is 0. The molecule has 0 aromatic carbocycles. The van der Waals surface area contributed by atoms with Gasteiger partial charge in [0.25, 0.3) is 0 Å². The summed E-state index contributed by atoms with van der Waals surface area (Å²) in [5, 5.41) is 0. The van der Waals surface area contributed by atoms with Gasteiger partial charge < -0.3 is 22.9 Å². The predicted octanol–water partition coefficient (Wildman–Crippen LogP) is -3.53. The van der Waals surface area contributed by atoms with Gasteiger partial charge in [-0.05, 0) is 0 Å². The number of esters is 1. The lowest BCUT2D eigenvalue weighted by molar-refractivity contribution is -0.141. The summed E-state index contributed by atoms with van der Waals surface area (Å²) in [5.74, 6) is -0.493. The Kier molecular flexibility index (Phi) is 8.87. The summed E-state index contributed by atoms with van der Waals surface area (Å²) in [6, 6.07) is 0. The normalized spacial score (nSPS) is 8.18. The zero-order valence-corrected chi connectivity index (χ0v) is 7.06. The summed E-state index contributed by atoms with van der Waals surface area (Å²) in [7, 11) is 1.29. The van der Waals surface area contributed by atoms with E-state index >= 15 is 0 Å². The fourth-order valence-electron chi connectivity index (χ4n) is 0.446. The first-order valence-electron chi connectivity index (χ1n) is 2.99. The van der Waals surface area contributed by atoms with Crippen molar-refractivity contribution in [2.45, 2.75) is 12.8 Å². The molecule has 5 heteroatoms. The maximum absolute atomic E-state index is 10.5. The largest absolute Gasteiger partial charge is 1.00 e. The highest BCUT2D eigenvalue weighted by Gasteiger charge is 2.03. The van der Waals surface area contributed by atoms with Gasteiger partial charge in [-0.25, -0.2) is 0 Å². The van der Waals surface area contributed by atoms with E-state index in [4.69, 9.17) is 5.73 Å². The molecule has 0 saturated carbocycles. The topological polar surface area (TPSA) is 69.4 Å². The number of hydrogen-bond acceptors (Lipinski definition) is 4. The summed E-state index contributed by atoms with van der Waals surface area (Å²) in [4.78, 5) is 20.9. The Morgan fingerprint density at radius 1 is 1.36 bits per heavy atom. The van der Waals surface area contributed by atoms with Crippen LogP contribution in [-0.2, 0) is 14.3 Å². The summed E-state index contributed by atoms with van der Waals surface area (Å²) < 4.78 is 4.31. The SMILES string of the molecule is COC(=O)CCC(=O)CN.[Cl-]. The molecule has 0 bridgehead atoms. The van der Waals surface area contributed by atoms with E-state index in [0.717, 1.165) is 0 Å². The molecule has 0 unspecified atom stereocenters. The van der Waals surface area contributed by atoms with Gasteiger partial charge >= 0.3 is 5.97 Å². The fraction of sp³-hybridized carbons (Fsp3) is 0.667. The van der Waals surface area contributed by atoms with Crippen LogP contribution in [0.25, 0.3) is 0 Å². The van der Waals surface area contributed by atoms with Crippen molar-refractivity contribution >= 4 is 11.8 Å². The van der Waals surface area contributed by atoms with Crippen molar-refractivity contribution in [1.29, 1.82) is 0 Å². The molecule has 0 aromatic heterocycles. The molecule has 0 aliphatic rings. The van der Waals surface area contributed by atoms with E-state index in [1.54, 1.807) is 0 Å². The van der Waals surface area contributed by atoms with E-state index in [2.05, 4.69) is 4.74 Å². The Bertz CT molecular complexity index is 122. The molecule has 0 amide bonds. The van der Waals surface area contributed by atoms with Gasteiger partial charge in [0, 0.05) is 6.42 Å². The molecule has 0 aliphatic heterocycles. The third-order valence-electron chi connectivity index (χ3n) is 1.06. The van der Waals surface area contributed by atoms with E-state index in [0.29, 0.717) is 0 Å². The van der Waals surface area contributed by atoms with E-state index in [9.17, 15) is 9.59 Å². The first kappa shape index (κ1) is 13.0. The third-order valence-corrected chi connectivity index (χ3v) is 1.06. The smallest absolute Gasteiger partial charge is 0.305 e. The van der Waals surface area contributed by atoms with Crippen molar-refractivity contribution in [2.24, 2.45) is 5.73 Å². The minimum absolute atomic E-state index is 0. The monoisotopic (exact) mass is 180 g/mol. The second kappa shape index (κ2) is 7.50. The number of carbonyl (C=O) groups is 2. The molecule has 0 aromatic rings. The van der Waals surface area contributed by atoms with Crippen LogP contribution in [0, 0.1) is 0 Å². The Balaban J connectivity index is 0. The average Bonchev–Trinajstić information content (AvgIpc) is 1.99. The van der Waals surface area contributed by atoms with Gasteiger partial charge in [0.05, 0.1) is 20.1 Å². The van der Waals surface area contributed by atoms with Crippen molar-refractivity contribution in [3.8, 4) is 0 Å². The zero-order chi connectivity index (χ0) is 7.98. The molecule has 0 radical (unpaired) electrons. The molecule has 11 heavy (non-hydrogen) atoms. The lowest BCUT2D eigenvalue weighted by atomic mass is 10.2. The molecule has 0 aliphatic carbocycles. The van der Waals surface area contributed by atoms with Crippen LogP contribution in [0.1, 0.15) is 12.8 Å². The standard InChI is InChI=1S/C6H11NO3.ClH/c1-10-6(9)3-2-5(8)4-7;/h2-4,7H2,1H3;1H/p-1. The first-order valence-corrected chi connectivity index (χ1v) is 2.99. The summed E-state index contributed by atoms with van der Waals surface area (Å²) in [5.41, 5.74) is 5.00. The Hall–Kier alpha value is -0.610. The average molecular weight is 181 g/mol. The summed E-state index contributed by atoms with van der Waals surface area (Å²) in [6.45, 7) is -0.00298. The van der Waals surface area contributed by atoms with Crippen molar-refractivity contribution in [3.05, 3.63) is 0 Å². The highest BCUT2D eigenvalue weighted by Crippen LogP contribution is 1.91. The Labute approximate surface area is 71.5 Å². The second-order valence-corrected chi connectivity index (χ2v) is 1.82. The highest BCUT2D eigenvalue weighted by atomic mass is 35.5. The van der Waals surface area contributed by atoms with Crippen LogP contribution in [0.4, 0.5) is 0 Å². The number of carbonyl (C=O) groups excluding carboxylic acids is 2. The second-order valence-electron chi connectivity index (χ2n) is 1.82. The molecule has 0 heterocycles. The minimum atomic E-state index is -0.373.